The van der Waals surface area contributed by atoms with Gasteiger partial charge in [-0.1, -0.05) is 20.8 Å². The summed E-state index contributed by atoms with van der Waals surface area (Å²) in [6.07, 6.45) is 4.53. The third-order valence-electron chi connectivity index (χ3n) is 4.52. The molecule has 0 aromatic heterocycles. The molecule has 1 amide bonds. The molecule has 1 fully saturated rings. The molecule has 3 nitrogen and oxygen atoms in total. The van der Waals surface area contributed by atoms with Gasteiger partial charge in [-0.25, -0.2) is 0 Å². The second-order valence-electron chi connectivity index (χ2n) is 9.94. The van der Waals surface area contributed by atoms with Crippen LogP contribution in [0.4, 0.5) is 0 Å². The topological polar surface area (TPSA) is 32.3 Å². The van der Waals surface area contributed by atoms with Crippen LogP contribution in [0.2, 0.25) is 0 Å². The van der Waals surface area contributed by atoms with Crippen LogP contribution in [0.5, 0.6) is 0 Å². The van der Waals surface area contributed by atoms with Crippen LogP contribution in [0.3, 0.4) is 0 Å². The van der Waals surface area contributed by atoms with Crippen molar-refractivity contribution in [3.05, 3.63) is 0 Å². The van der Waals surface area contributed by atoms with Gasteiger partial charge in [-0.15, -0.1) is 0 Å². The SMILES string of the molecule is CC(C)(C)C(=O)NC1CCC(N(C(C)(C)C)C(C)(C)C)CC1. The zero-order valence-corrected chi connectivity index (χ0v) is 16.3. The van der Waals surface area contributed by atoms with Crippen LogP contribution in [0, 0.1) is 5.41 Å². The highest BCUT2D eigenvalue weighted by atomic mass is 16.2. The number of hydrogen-bond acceptors (Lipinski definition) is 2. The summed E-state index contributed by atoms with van der Waals surface area (Å²) < 4.78 is 0. The molecule has 0 aromatic rings. The van der Waals surface area contributed by atoms with Crippen LogP contribution in [0.25, 0.3) is 0 Å². The van der Waals surface area contributed by atoms with Crippen LogP contribution in [0.15, 0.2) is 0 Å². The molecule has 1 aliphatic carbocycles. The lowest BCUT2D eigenvalue weighted by molar-refractivity contribution is -0.129. The van der Waals surface area contributed by atoms with E-state index >= 15 is 0 Å². The second kappa shape index (κ2) is 6.51. The molecule has 1 rings (SSSR count). The summed E-state index contributed by atoms with van der Waals surface area (Å²) in [7, 11) is 0. The highest BCUT2D eigenvalue weighted by Gasteiger charge is 2.39. The van der Waals surface area contributed by atoms with Gasteiger partial charge in [0.1, 0.15) is 0 Å². The van der Waals surface area contributed by atoms with Crippen molar-refractivity contribution in [3.8, 4) is 0 Å². The first-order valence-corrected chi connectivity index (χ1v) is 8.83. The third kappa shape index (κ3) is 5.26. The first-order chi connectivity index (χ1) is 9.73. The van der Waals surface area contributed by atoms with Crippen molar-refractivity contribution in [1.29, 1.82) is 0 Å². The normalized spacial score (nSPS) is 24.5. The molecular formula is C19H38N2O. The molecule has 130 valence electrons. The van der Waals surface area contributed by atoms with Crippen LogP contribution < -0.4 is 5.32 Å². The monoisotopic (exact) mass is 310 g/mol. The van der Waals surface area contributed by atoms with E-state index < -0.39 is 0 Å². The van der Waals surface area contributed by atoms with Crippen molar-refractivity contribution in [2.45, 2.75) is 111 Å². The Morgan fingerprint density at radius 1 is 0.818 bits per heavy atom. The Morgan fingerprint density at radius 2 is 1.23 bits per heavy atom. The van der Waals surface area contributed by atoms with Gasteiger partial charge in [0.15, 0.2) is 0 Å². The van der Waals surface area contributed by atoms with Crippen LogP contribution in [-0.4, -0.2) is 34.0 Å². The van der Waals surface area contributed by atoms with E-state index in [9.17, 15) is 4.79 Å². The van der Waals surface area contributed by atoms with Gasteiger partial charge in [-0.05, 0) is 67.2 Å². The predicted molar refractivity (Wildman–Crippen MR) is 95.0 cm³/mol. The number of hydrogen-bond donors (Lipinski definition) is 1. The molecule has 0 unspecified atom stereocenters. The maximum atomic E-state index is 12.1. The first-order valence-electron chi connectivity index (χ1n) is 8.83. The lowest BCUT2D eigenvalue weighted by Gasteiger charge is -2.52. The largest absolute Gasteiger partial charge is 0.353 e. The molecule has 0 aliphatic heterocycles. The Bertz CT molecular complexity index is 360. The average Bonchev–Trinajstić information content (AvgIpc) is 2.26. The van der Waals surface area contributed by atoms with Gasteiger partial charge in [0.05, 0.1) is 0 Å². The number of rotatable bonds is 2. The number of nitrogens with one attached hydrogen (secondary N) is 1. The summed E-state index contributed by atoms with van der Waals surface area (Å²) in [6.45, 7) is 19.8. The van der Waals surface area contributed by atoms with Gasteiger partial charge < -0.3 is 5.32 Å². The molecular weight excluding hydrogens is 272 g/mol. The second-order valence-corrected chi connectivity index (χ2v) is 9.94. The van der Waals surface area contributed by atoms with Gasteiger partial charge in [0, 0.05) is 28.6 Å². The van der Waals surface area contributed by atoms with E-state index in [0.717, 1.165) is 12.8 Å². The van der Waals surface area contributed by atoms with Crippen molar-refractivity contribution >= 4 is 5.91 Å². The molecule has 0 heterocycles. The molecule has 1 N–H and O–H groups in total. The summed E-state index contributed by atoms with van der Waals surface area (Å²) in [5, 5.41) is 3.24. The zero-order chi connectivity index (χ0) is 17.3. The van der Waals surface area contributed by atoms with E-state index in [4.69, 9.17) is 0 Å². The fourth-order valence-corrected chi connectivity index (χ4v) is 3.98. The molecule has 0 saturated heterocycles. The fraction of sp³-hybridized carbons (Fsp3) is 0.947. The van der Waals surface area contributed by atoms with Gasteiger partial charge in [0.25, 0.3) is 0 Å². The van der Waals surface area contributed by atoms with Crippen molar-refractivity contribution in [2.24, 2.45) is 5.41 Å². The minimum absolute atomic E-state index is 0.171. The van der Waals surface area contributed by atoms with Crippen molar-refractivity contribution in [1.82, 2.24) is 10.2 Å². The lowest BCUT2D eigenvalue weighted by Crippen LogP contribution is -2.59. The summed E-state index contributed by atoms with van der Waals surface area (Å²) in [6, 6.07) is 0.965. The Morgan fingerprint density at radius 3 is 1.55 bits per heavy atom. The maximum absolute atomic E-state index is 12.1. The summed E-state index contributed by atoms with van der Waals surface area (Å²) in [5.41, 5.74) is 0.0501. The van der Waals surface area contributed by atoms with Crippen molar-refractivity contribution < 1.29 is 4.79 Å². The van der Waals surface area contributed by atoms with Gasteiger partial charge in [-0.2, -0.15) is 0 Å². The van der Waals surface area contributed by atoms with E-state index in [0.29, 0.717) is 12.1 Å². The van der Waals surface area contributed by atoms with Gasteiger partial charge in [0.2, 0.25) is 5.91 Å². The quantitative estimate of drug-likeness (QED) is 0.822. The van der Waals surface area contributed by atoms with E-state index in [-0.39, 0.29) is 22.4 Å². The first kappa shape index (κ1) is 19.5. The molecule has 3 heteroatoms. The summed E-state index contributed by atoms with van der Waals surface area (Å²) in [5.74, 6) is 0.180. The van der Waals surface area contributed by atoms with Gasteiger partial charge >= 0.3 is 0 Å². The van der Waals surface area contributed by atoms with Crippen LogP contribution in [-0.2, 0) is 4.79 Å². The molecule has 0 aromatic carbocycles. The molecule has 0 bridgehead atoms. The number of carbonyl (C=O) groups excluding carboxylic acids is 1. The van der Waals surface area contributed by atoms with E-state index in [1.165, 1.54) is 12.8 Å². The molecule has 0 atom stereocenters. The average molecular weight is 311 g/mol. The van der Waals surface area contributed by atoms with Crippen LogP contribution in [0.1, 0.15) is 88.0 Å². The molecule has 0 radical (unpaired) electrons. The number of amides is 1. The maximum Gasteiger partial charge on any atom is 0.225 e. The zero-order valence-electron chi connectivity index (χ0n) is 16.3. The number of carbonyl (C=O) groups is 1. The smallest absolute Gasteiger partial charge is 0.225 e. The van der Waals surface area contributed by atoms with E-state index in [1.54, 1.807) is 0 Å². The highest BCUT2D eigenvalue weighted by Crippen LogP contribution is 2.34. The standard InChI is InChI=1S/C19H38N2O/c1-17(2,3)16(22)20-14-10-12-15(13-11-14)21(18(4,5)6)19(7,8)9/h14-15H,10-13H2,1-9H3,(H,20,22). The minimum atomic E-state index is -0.292. The van der Waals surface area contributed by atoms with Crippen molar-refractivity contribution in [3.63, 3.8) is 0 Å². The highest BCUT2D eigenvalue weighted by molar-refractivity contribution is 5.81. The van der Waals surface area contributed by atoms with Gasteiger partial charge in [-0.3, -0.25) is 9.69 Å². The Hall–Kier alpha value is -0.570. The number of nitrogens with zero attached hydrogens (tertiary/aromatic N) is 1. The molecule has 1 aliphatic rings. The van der Waals surface area contributed by atoms with Crippen LogP contribution >= 0.6 is 0 Å². The third-order valence-corrected chi connectivity index (χ3v) is 4.52. The van der Waals surface area contributed by atoms with E-state index in [2.05, 4.69) is 51.8 Å². The lowest BCUT2D eigenvalue weighted by atomic mass is 9.83. The molecule has 1 saturated carbocycles. The Balaban J connectivity index is 2.66. The summed E-state index contributed by atoms with van der Waals surface area (Å²) >= 11 is 0. The van der Waals surface area contributed by atoms with E-state index in [1.807, 2.05) is 20.8 Å². The minimum Gasteiger partial charge on any atom is -0.353 e. The summed E-state index contributed by atoms with van der Waals surface area (Å²) in [4.78, 5) is 14.8. The fourth-order valence-electron chi connectivity index (χ4n) is 3.98. The Kier molecular flexibility index (Phi) is 5.76. The Labute approximate surface area is 138 Å². The predicted octanol–water partition coefficient (Wildman–Crippen LogP) is 4.36. The van der Waals surface area contributed by atoms with Crippen molar-refractivity contribution in [2.75, 3.05) is 0 Å². The molecule has 22 heavy (non-hydrogen) atoms. The molecule has 0 spiro atoms.